The molecule has 1 aromatic rings. The van der Waals surface area contributed by atoms with Crippen molar-refractivity contribution in [3.8, 4) is 0 Å². The van der Waals surface area contributed by atoms with E-state index in [-0.39, 0.29) is 0 Å². The molecule has 1 aromatic heterocycles. The van der Waals surface area contributed by atoms with Crippen molar-refractivity contribution in [3.05, 3.63) is 24.2 Å². The number of likely N-dealkylation sites (tertiary alicyclic amines) is 1. The number of hydrogen-bond acceptors (Lipinski definition) is 3. The van der Waals surface area contributed by atoms with Gasteiger partial charge in [-0.05, 0) is 30.9 Å². The first-order valence-corrected chi connectivity index (χ1v) is 5.73. The quantitative estimate of drug-likeness (QED) is 0.814. The van der Waals surface area contributed by atoms with Crippen LogP contribution in [0.4, 0.5) is 0 Å². The van der Waals surface area contributed by atoms with E-state index in [0.29, 0.717) is 0 Å². The summed E-state index contributed by atoms with van der Waals surface area (Å²) in [6.07, 6.45) is 7.68. The number of β-amino-alcohol motifs (C(OH)–C–C–N with tert-alkyl or cyclic N) is 1. The summed E-state index contributed by atoms with van der Waals surface area (Å²) < 4.78 is 5.03. The lowest BCUT2D eigenvalue weighted by Crippen LogP contribution is -2.36. The van der Waals surface area contributed by atoms with E-state index in [9.17, 15) is 5.11 Å². The Morgan fingerprint density at radius 3 is 3.07 bits per heavy atom. The third-order valence-electron chi connectivity index (χ3n) is 3.54. The van der Waals surface area contributed by atoms with Gasteiger partial charge in [-0.3, -0.25) is 4.90 Å². The first-order chi connectivity index (χ1) is 7.25. The van der Waals surface area contributed by atoms with E-state index in [0.717, 1.165) is 37.5 Å². The van der Waals surface area contributed by atoms with Crippen molar-refractivity contribution in [2.45, 2.75) is 37.3 Å². The highest BCUT2D eigenvalue weighted by molar-refractivity contribution is 5.12. The average molecular weight is 207 g/mol. The van der Waals surface area contributed by atoms with Crippen LogP contribution in [0.5, 0.6) is 0 Å². The molecule has 2 fully saturated rings. The van der Waals surface area contributed by atoms with Gasteiger partial charge in [0.1, 0.15) is 0 Å². The highest BCUT2D eigenvalue weighted by atomic mass is 16.3. The molecule has 0 amide bonds. The molecule has 0 spiro atoms. The van der Waals surface area contributed by atoms with Crippen molar-refractivity contribution in [1.29, 1.82) is 0 Å². The normalized spacial score (nSPS) is 32.3. The lowest BCUT2D eigenvalue weighted by Gasteiger charge is -2.22. The van der Waals surface area contributed by atoms with E-state index < -0.39 is 5.60 Å². The number of furan rings is 1. The maximum Gasteiger partial charge on any atom is 0.0935 e. The summed E-state index contributed by atoms with van der Waals surface area (Å²) in [4.78, 5) is 2.43. The summed E-state index contributed by atoms with van der Waals surface area (Å²) >= 11 is 0. The second kappa shape index (κ2) is 3.35. The Hall–Kier alpha value is -0.800. The maximum absolute atomic E-state index is 10.4. The monoisotopic (exact) mass is 207 g/mol. The van der Waals surface area contributed by atoms with Gasteiger partial charge >= 0.3 is 0 Å². The van der Waals surface area contributed by atoms with Crippen LogP contribution in [0.25, 0.3) is 0 Å². The Labute approximate surface area is 89.7 Å². The van der Waals surface area contributed by atoms with Crippen LogP contribution in [0.3, 0.4) is 0 Å². The van der Waals surface area contributed by atoms with Gasteiger partial charge in [0.25, 0.3) is 0 Å². The van der Waals surface area contributed by atoms with Crippen LogP contribution in [0, 0.1) is 0 Å². The lowest BCUT2D eigenvalue weighted by molar-refractivity contribution is 0.0486. The summed E-state index contributed by atoms with van der Waals surface area (Å²) in [5.74, 6) is 0. The van der Waals surface area contributed by atoms with E-state index in [1.165, 1.54) is 12.8 Å². The van der Waals surface area contributed by atoms with Gasteiger partial charge in [-0.1, -0.05) is 0 Å². The van der Waals surface area contributed by atoms with Gasteiger partial charge in [0.2, 0.25) is 0 Å². The van der Waals surface area contributed by atoms with Crippen LogP contribution in [0.15, 0.2) is 23.0 Å². The fourth-order valence-electron chi connectivity index (χ4n) is 2.56. The molecule has 1 saturated carbocycles. The molecule has 1 unspecified atom stereocenters. The first kappa shape index (κ1) is 9.43. The zero-order valence-electron chi connectivity index (χ0n) is 8.85. The smallest absolute Gasteiger partial charge is 0.0935 e. The second-order valence-corrected chi connectivity index (χ2v) is 4.98. The van der Waals surface area contributed by atoms with Crippen LogP contribution in [-0.4, -0.2) is 34.7 Å². The molecule has 0 bridgehead atoms. The summed E-state index contributed by atoms with van der Waals surface area (Å²) in [5, 5.41) is 10.4. The highest BCUT2D eigenvalue weighted by Crippen LogP contribution is 2.34. The zero-order valence-corrected chi connectivity index (χ0v) is 8.85. The fraction of sp³-hybridized carbons (Fsp3) is 0.667. The van der Waals surface area contributed by atoms with Crippen molar-refractivity contribution in [1.82, 2.24) is 4.90 Å². The molecule has 0 radical (unpaired) electrons. The molecular weight excluding hydrogens is 190 g/mol. The maximum atomic E-state index is 10.4. The minimum absolute atomic E-state index is 0.521. The molecule has 1 N–H and O–H groups in total. The Balaban J connectivity index is 1.64. The van der Waals surface area contributed by atoms with Gasteiger partial charge in [0, 0.05) is 25.6 Å². The number of rotatable bonds is 3. The Morgan fingerprint density at radius 1 is 1.53 bits per heavy atom. The summed E-state index contributed by atoms with van der Waals surface area (Å²) in [7, 11) is 0. The lowest BCUT2D eigenvalue weighted by atomic mass is 9.95. The van der Waals surface area contributed by atoms with Crippen LogP contribution in [0.2, 0.25) is 0 Å². The molecule has 2 aliphatic rings. The molecule has 2 heterocycles. The van der Waals surface area contributed by atoms with Crippen LogP contribution in [0.1, 0.15) is 24.8 Å². The van der Waals surface area contributed by atoms with Crippen molar-refractivity contribution in [3.63, 3.8) is 0 Å². The Bertz CT molecular complexity index is 331. The SMILES string of the molecule is OC1(Cc2ccoc2)CCN(C2CC2)C1. The largest absolute Gasteiger partial charge is 0.472 e. The third kappa shape index (κ3) is 1.94. The molecule has 1 aliphatic carbocycles. The van der Waals surface area contributed by atoms with Gasteiger partial charge < -0.3 is 9.52 Å². The van der Waals surface area contributed by atoms with E-state index in [1.807, 2.05) is 6.07 Å². The summed E-state index contributed by atoms with van der Waals surface area (Å²) in [6.45, 7) is 1.89. The molecule has 1 aliphatic heterocycles. The highest BCUT2D eigenvalue weighted by Gasteiger charge is 2.41. The van der Waals surface area contributed by atoms with E-state index in [1.54, 1.807) is 12.5 Å². The van der Waals surface area contributed by atoms with Gasteiger partial charge in [-0.15, -0.1) is 0 Å². The average Bonchev–Trinajstić information content (AvgIpc) is 2.81. The number of aliphatic hydroxyl groups is 1. The fourth-order valence-corrected chi connectivity index (χ4v) is 2.56. The Kier molecular flexibility index (Phi) is 2.11. The molecule has 3 nitrogen and oxygen atoms in total. The van der Waals surface area contributed by atoms with E-state index in [4.69, 9.17) is 4.42 Å². The predicted molar refractivity (Wildman–Crippen MR) is 56.6 cm³/mol. The predicted octanol–water partition coefficient (Wildman–Crippen LogP) is 1.42. The van der Waals surface area contributed by atoms with Crippen LogP contribution in [-0.2, 0) is 6.42 Å². The molecular formula is C12H17NO2. The summed E-state index contributed by atoms with van der Waals surface area (Å²) in [6, 6.07) is 2.71. The third-order valence-corrected chi connectivity index (χ3v) is 3.54. The van der Waals surface area contributed by atoms with Crippen LogP contribution >= 0.6 is 0 Å². The second-order valence-electron chi connectivity index (χ2n) is 4.98. The van der Waals surface area contributed by atoms with Crippen molar-refractivity contribution < 1.29 is 9.52 Å². The van der Waals surface area contributed by atoms with Gasteiger partial charge in [-0.2, -0.15) is 0 Å². The molecule has 1 saturated heterocycles. The topological polar surface area (TPSA) is 36.6 Å². The van der Waals surface area contributed by atoms with Gasteiger partial charge in [-0.25, -0.2) is 0 Å². The van der Waals surface area contributed by atoms with Crippen molar-refractivity contribution >= 4 is 0 Å². The molecule has 3 rings (SSSR count). The van der Waals surface area contributed by atoms with E-state index >= 15 is 0 Å². The van der Waals surface area contributed by atoms with Crippen molar-refractivity contribution in [2.24, 2.45) is 0 Å². The molecule has 1 atom stereocenters. The minimum atomic E-state index is -0.521. The van der Waals surface area contributed by atoms with Gasteiger partial charge in [0.15, 0.2) is 0 Å². The molecule has 15 heavy (non-hydrogen) atoms. The molecule has 3 heteroatoms. The molecule has 82 valence electrons. The van der Waals surface area contributed by atoms with Gasteiger partial charge in [0.05, 0.1) is 18.1 Å². The minimum Gasteiger partial charge on any atom is -0.472 e. The van der Waals surface area contributed by atoms with E-state index in [2.05, 4.69) is 4.90 Å². The number of hydrogen-bond donors (Lipinski definition) is 1. The zero-order chi connectivity index (χ0) is 10.3. The van der Waals surface area contributed by atoms with Crippen molar-refractivity contribution in [2.75, 3.05) is 13.1 Å². The Morgan fingerprint density at radius 2 is 2.40 bits per heavy atom. The number of nitrogens with zero attached hydrogens (tertiary/aromatic N) is 1. The first-order valence-electron chi connectivity index (χ1n) is 5.73. The summed E-state index contributed by atoms with van der Waals surface area (Å²) in [5.41, 5.74) is 0.585. The molecule has 0 aromatic carbocycles. The van der Waals surface area contributed by atoms with Crippen LogP contribution < -0.4 is 0 Å². The standard InChI is InChI=1S/C12H17NO2/c14-12(7-10-3-6-15-8-10)4-5-13(9-12)11-1-2-11/h3,6,8,11,14H,1-2,4-5,7,9H2.